The van der Waals surface area contributed by atoms with Crippen LogP contribution in [0.2, 0.25) is 0 Å². The van der Waals surface area contributed by atoms with Crippen molar-refractivity contribution in [3.8, 4) is 17.0 Å². The molecule has 2 N–H and O–H groups in total. The SMILES string of the molecule is COc1ccccc1CNc1nc(-c2ccc(NS(C)(=O)=O)cc2)c(C)s1. The number of aromatic nitrogens is 1. The summed E-state index contributed by atoms with van der Waals surface area (Å²) < 4.78 is 30.4. The molecule has 0 aliphatic heterocycles. The van der Waals surface area contributed by atoms with Crippen LogP contribution in [0, 0.1) is 6.92 Å². The number of aryl methyl sites for hydroxylation is 1. The average molecular weight is 404 g/mol. The largest absolute Gasteiger partial charge is 0.496 e. The van der Waals surface area contributed by atoms with Gasteiger partial charge in [-0.15, -0.1) is 11.3 Å². The molecule has 0 bridgehead atoms. The number of benzene rings is 2. The summed E-state index contributed by atoms with van der Waals surface area (Å²) in [7, 11) is -1.62. The van der Waals surface area contributed by atoms with Crippen molar-refractivity contribution in [2.24, 2.45) is 0 Å². The standard InChI is InChI=1S/C19H21N3O3S2/c1-13-18(14-8-10-16(11-9-14)22-27(3,23)24)21-19(26-13)20-12-15-6-4-5-7-17(15)25-2/h4-11,22H,12H2,1-3H3,(H,20,21). The Morgan fingerprint density at radius 2 is 1.81 bits per heavy atom. The molecular formula is C19H21N3O3S2. The topological polar surface area (TPSA) is 80.3 Å². The van der Waals surface area contributed by atoms with Crippen LogP contribution in [0.5, 0.6) is 5.75 Å². The van der Waals surface area contributed by atoms with Gasteiger partial charge in [0.15, 0.2) is 5.13 Å². The van der Waals surface area contributed by atoms with Crippen molar-refractivity contribution >= 4 is 32.2 Å². The lowest BCUT2D eigenvalue weighted by Crippen LogP contribution is -2.09. The Morgan fingerprint density at radius 1 is 1.11 bits per heavy atom. The molecule has 3 aromatic rings. The van der Waals surface area contributed by atoms with E-state index in [9.17, 15) is 8.42 Å². The van der Waals surface area contributed by atoms with Crippen LogP contribution < -0.4 is 14.8 Å². The van der Waals surface area contributed by atoms with E-state index in [0.29, 0.717) is 12.2 Å². The van der Waals surface area contributed by atoms with Crippen molar-refractivity contribution in [2.75, 3.05) is 23.4 Å². The molecule has 1 heterocycles. The zero-order valence-electron chi connectivity index (χ0n) is 15.3. The predicted molar refractivity (Wildman–Crippen MR) is 111 cm³/mol. The first-order chi connectivity index (χ1) is 12.9. The van der Waals surface area contributed by atoms with Crippen molar-refractivity contribution in [3.63, 3.8) is 0 Å². The van der Waals surface area contributed by atoms with Crippen LogP contribution in [-0.4, -0.2) is 26.8 Å². The number of anilines is 2. The number of hydrogen-bond acceptors (Lipinski definition) is 6. The van der Waals surface area contributed by atoms with Crippen molar-refractivity contribution < 1.29 is 13.2 Å². The third-order valence-electron chi connectivity index (χ3n) is 3.88. The highest BCUT2D eigenvalue weighted by atomic mass is 32.2. The molecular weight excluding hydrogens is 382 g/mol. The molecule has 0 atom stereocenters. The summed E-state index contributed by atoms with van der Waals surface area (Å²) in [6.07, 6.45) is 1.13. The lowest BCUT2D eigenvalue weighted by Gasteiger charge is -2.08. The fourth-order valence-electron chi connectivity index (χ4n) is 2.67. The Bertz CT molecular complexity index is 1030. The van der Waals surface area contributed by atoms with Crippen LogP contribution in [0.25, 0.3) is 11.3 Å². The van der Waals surface area contributed by atoms with Crippen LogP contribution in [0.1, 0.15) is 10.4 Å². The van der Waals surface area contributed by atoms with Crippen LogP contribution >= 0.6 is 11.3 Å². The van der Waals surface area contributed by atoms with E-state index in [-0.39, 0.29) is 0 Å². The van der Waals surface area contributed by atoms with Gasteiger partial charge >= 0.3 is 0 Å². The van der Waals surface area contributed by atoms with Gasteiger partial charge in [-0.25, -0.2) is 13.4 Å². The molecule has 0 spiro atoms. The monoisotopic (exact) mass is 403 g/mol. The first-order valence-corrected chi connectivity index (χ1v) is 11.0. The first kappa shape index (κ1) is 19.2. The fourth-order valence-corrected chi connectivity index (χ4v) is 4.07. The first-order valence-electron chi connectivity index (χ1n) is 8.27. The summed E-state index contributed by atoms with van der Waals surface area (Å²) in [4.78, 5) is 5.77. The molecule has 0 radical (unpaired) electrons. The zero-order valence-corrected chi connectivity index (χ0v) is 16.9. The van der Waals surface area contributed by atoms with Gasteiger partial charge in [-0.05, 0) is 25.1 Å². The molecule has 2 aromatic carbocycles. The maximum Gasteiger partial charge on any atom is 0.229 e. The molecule has 0 saturated heterocycles. The second-order valence-corrected chi connectivity index (χ2v) is 8.99. The van der Waals surface area contributed by atoms with Crippen LogP contribution in [0.15, 0.2) is 48.5 Å². The van der Waals surface area contributed by atoms with Gasteiger partial charge in [-0.2, -0.15) is 0 Å². The third-order valence-corrected chi connectivity index (χ3v) is 5.42. The highest BCUT2D eigenvalue weighted by Gasteiger charge is 2.11. The molecule has 3 rings (SSSR count). The molecule has 6 nitrogen and oxygen atoms in total. The number of nitrogens with one attached hydrogen (secondary N) is 2. The van der Waals surface area contributed by atoms with Gasteiger partial charge < -0.3 is 10.1 Å². The Labute approximate surface area is 163 Å². The summed E-state index contributed by atoms with van der Waals surface area (Å²) in [5, 5.41) is 4.17. The normalized spacial score (nSPS) is 11.2. The van der Waals surface area contributed by atoms with E-state index in [1.54, 1.807) is 30.6 Å². The van der Waals surface area contributed by atoms with Crippen molar-refractivity contribution in [2.45, 2.75) is 13.5 Å². The van der Waals surface area contributed by atoms with Gasteiger partial charge in [0.2, 0.25) is 10.0 Å². The van der Waals surface area contributed by atoms with Crippen LogP contribution in [-0.2, 0) is 16.6 Å². The lowest BCUT2D eigenvalue weighted by molar-refractivity contribution is 0.410. The van der Waals surface area contributed by atoms with Crippen molar-refractivity contribution in [3.05, 3.63) is 59.0 Å². The minimum absolute atomic E-state index is 0.531. The number of methoxy groups -OCH3 is 1. The Kier molecular flexibility index (Phi) is 5.67. The minimum Gasteiger partial charge on any atom is -0.496 e. The van der Waals surface area contributed by atoms with E-state index in [1.165, 1.54) is 0 Å². The van der Waals surface area contributed by atoms with Gasteiger partial charge in [0.05, 0.1) is 19.1 Å². The molecule has 0 aliphatic rings. The molecule has 0 amide bonds. The third kappa shape index (κ3) is 4.99. The van der Waals surface area contributed by atoms with E-state index < -0.39 is 10.0 Å². The molecule has 1 aromatic heterocycles. The zero-order chi connectivity index (χ0) is 19.4. The van der Waals surface area contributed by atoms with Gasteiger partial charge in [0, 0.05) is 28.2 Å². The maximum atomic E-state index is 11.3. The van der Waals surface area contributed by atoms with Gasteiger partial charge in [0.25, 0.3) is 0 Å². The molecule has 0 fully saturated rings. The number of hydrogen-bond donors (Lipinski definition) is 2. The van der Waals surface area contributed by atoms with Crippen LogP contribution in [0.4, 0.5) is 10.8 Å². The molecule has 0 aliphatic carbocycles. The molecule has 8 heteroatoms. The van der Waals surface area contributed by atoms with Crippen molar-refractivity contribution in [1.82, 2.24) is 4.98 Å². The van der Waals surface area contributed by atoms with Gasteiger partial charge in [-0.1, -0.05) is 30.3 Å². The summed E-state index contributed by atoms with van der Waals surface area (Å²) >= 11 is 1.58. The Hall–Kier alpha value is -2.58. The summed E-state index contributed by atoms with van der Waals surface area (Å²) in [5.74, 6) is 0.840. The van der Waals surface area contributed by atoms with Gasteiger partial charge in [-0.3, -0.25) is 4.72 Å². The number of thiazole rings is 1. The second kappa shape index (κ2) is 7.98. The van der Waals surface area contributed by atoms with E-state index >= 15 is 0 Å². The maximum absolute atomic E-state index is 11.3. The molecule has 27 heavy (non-hydrogen) atoms. The predicted octanol–water partition coefficient (Wildman–Crippen LogP) is 4.11. The number of sulfonamides is 1. The smallest absolute Gasteiger partial charge is 0.229 e. The Balaban J connectivity index is 1.74. The lowest BCUT2D eigenvalue weighted by atomic mass is 10.1. The van der Waals surface area contributed by atoms with Crippen LogP contribution in [0.3, 0.4) is 0 Å². The summed E-state index contributed by atoms with van der Waals surface area (Å²) in [6, 6.07) is 15.1. The summed E-state index contributed by atoms with van der Waals surface area (Å²) in [5.41, 5.74) is 3.41. The number of para-hydroxylation sites is 1. The van der Waals surface area contributed by atoms with E-state index in [1.807, 2.05) is 43.3 Å². The molecule has 0 saturated carbocycles. The summed E-state index contributed by atoms with van der Waals surface area (Å²) in [6.45, 7) is 2.64. The fraction of sp³-hybridized carbons (Fsp3) is 0.211. The van der Waals surface area contributed by atoms with E-state index in [0.717, 1.165) is 38.8 Å². The highest BCUT2D eigenvalue weighted by molar-refractivity contribution is 7.92. The Morgan fingerprint density at radius 3 is 2.48 bits per heavy atom. The number of ether oxygens (including phenoxy) is 1. The molecule has 142 valence electrons. The average Bonchev–Trinajstić information content (AvgIpc) is 3.00. The number of rotatable bonds is 7. The minimum atomic E-state index is -3.28. The van der Waals surface area contributed by atoms with Crippen molar-refractivity contribution in [1.29, 1.82) is 0 Å². The van der Waals surface area contributed by atoms with E-state index in [4.69, 9.17) is 4.74 Å². The van der Waals surface area contributed by atoms with E-state index in [2.05, 4.69) is 15.0 Å². The quantitative estimate of drug-likeness (QED) is 0.620. The molecule has 0 unspecified atom stereocenters. The van der Waals surface area contributed by atoms with Gasteiger partial charge in [0.1, 0.15) is 5.75 Å². The second-order valence-electron chi connectivity index (χ2n) is 6.04. The number of nitrogens with zero attached hydrogens (tertiary/aromatic N) is 1. The highest BCUT2D eigenvalue weighted by Crippen LogP contribution is 2.31.